The van der Waals surface area contributed by atoms with Crippen molar-refractivity contribution in [2.45, 2.75) is 13.5 Å². The lowest BCUT2D eigenvalue weighted by Gasteiger charge is -2.08. The van der Waals surface area contributed by atoms with Crippen LogP contribution < -0.4 is 10.9 Å². The van der Waals surface area contributed by atoms with Crippen LogP contribution in [0, 0.1) is 22.9 Å². The molecule has 0 saturated carbocycles. The van der Waals surface area contributed by atoms with Gasteiger partial charge in [0.2, 0.25) is 5.91 Å². The molecule has 0 aliphatic rings. The van der Waals surface area contributed by atoms with Crippen LogP contribution in [0.5, 0.6) is 0 Å². The predicted octanol–water partition coefficient (Wildman–Crippen LogP) is 2.50. The first-order valence-electron chi connectivity index (χ1n) is 6.38. The maximum atomic E-state index is 13.0. The highest BCUT2D eigenvalue weighted by atomic mass is 35.5. The van der Waals surface area contributed by atoms with E-state index >= 15 is 0 Å². The highest BCUT2D eigenvalue weighted by Gasteiger charge is 2.14. The number of pyridine rings is 1. The van der Waals surface area contributed by atoms with E-state index in [1.54, 1.807) is 0 Å². The second-order valence-electron chi connectivity index (χ2n) is 4.75. The fourth-order valence-corrected chi connectivity index (χ4v) is 2.09. The molecule has 9 heteroatoms. The first kappa shape index (κ1) is 16.6. The lowest BCUT2D eigenvalue weighted by atomic mass is 10.2. The Morgan fingerprint density at radius 3 is 2.74 bits per heavy atom. The van der Waals surface area contributed by atoms with Gasteiger partial charge in [0, 0.05) is 17.3 Å². The monoisotopic (exact) mass is 339 g/mol. The Hall–Kier alpha value is -2.74. The van der Waals surface area contributed by atoms with Crippen molar-refractivity contribution in [3.63, 3.8) is 0 Å². The van der Waals surface area contributed by atoms with Crippen LogP contribution in [0.15, 0.2) is 35.3 Å². The maximum Gasteiger partial charge on any atom is 0.286 e. The molecule has 2 aromatic rings. The molecule has 120 valence electrons. The zero-order valence-electron chi connectivity index (χ0n) is 11.9. The van der Waals surface area contributed by atoms with Gasteiger partial charge < -0.3 is 5.32 Å². The minimum absolute atomic E-state index is 0.150. The molecule has 0 aliphatic heterocycles. The van der Waals surface area contributed by atoms with Gasteiger partial charge in [-0.25, -0.2) is 4.39 Å². The Balaban J connectivity index is 2.21. The molecule has 0 atom stereocenters. The Morgan fingerprint density at radius 2 is 2.13 bits per heavy atom. The lowest BCUT2D eigenvalue weighted by molar-refractivity contribution is -0.385. The van der Waals surface area contributed by atoms with Gasteiger partial charge in [0.25, 0.3) is 11.2 Å². The fraction of sp³-hybridized carbons (Fsp3) is 0.143. The standard InChI is InChI=1S/C14H11ClFN3O4/c1-8-4-10(19(22)23)6-18(14(8)21)7-13(20)17-9-2-3-12(16)11(15)5-9/h2-6H,7H2,1H3,(H,17,20). The van der Waals surface area contributed by atoms with Crippen LogP contribution in [-0.2, 0) is 11.3 Å². The number of carbonyl (C=O) groups excluding carboxylic acids is 1. The van der Waals surface area contributed by atoms with Gasteiger partial charge in [0.15, 0.2) is 0 Å². The van der Waals surface area contributed by atoms with E-state index in [9.17, 15) is 24.1 Å². The van der Waals surface area contributed by atoms with E-state index in [2.05, 4.69) is 5.32 Å². The smallest absolute Gasteiger partial charge is 0.286 e. The summed E-state index contributed by atoms with van der Waals surface area (Å²) >= 11 is 5.60. The Morgan fingerprint density at radius 1 is 1.43 bits per heavy atom. The average Bonchev–Trinajstić information content (AvgIpc) is 2.47. The molecule has 1 aromatic heterocycles. The highest BCUT2D eigenvalue weighted by molar-refractivity contribution is 6.31. The zero-order valence-corrected chi connectivity index (χ0v) is 12.6. The Bertz CT molecular complexity index is 850. The SMILES string of the molecule is Cc1cc([N+](=O)[O-])cn(CC(=O)Nc2ccc(F)c(Cl)c2)c1=O. The third-order valence-electron chi connectivity index (χ3n) is 2.98. The number of nitro groups is 1. The number of aryl methyl sites for hydroxylation is 1. The summed E-state index contributed by atoms with van der Waals surface area (Å²) in [7, 11) is 0. The molecule has 1 heterocycles. The second-order valence-corrected chi connectivity index (χ2v) is 5.16. The van der Waals surface area contributed by atoms with E-state index < -0.39 is 28.8 Å². The highest BCUT2D eigenvalue weighted by Crippen LogP contribution is 2.19. The summed E-state index contributed by atoms with van der Waals surface area (Å²) < 4.78 is 14.0. The number of benzene rings is 1. The molecule has 0 saturated heterocycles. The van der Waals surface area contributed by atoms with Crippen LogP contribution >= 0.6 is 11.6 Å². The molecule has 0 unspecified atom stereocenters. The van der Waals surface area contributed by atoms with Gasteiger partial charge in [-0.05, 0) is 25.1 Å². The van der Waals surface area contributed by atoms with E-state index in [-0.39, 0.29) is 22.0 Å². The van der Waals surface area contributed by atoms with Crippen molar-refractivity contribution in [1.82, 2.24) is 4.57 Å². The second kappa shape index (κ2) is 6.57. The van der Waals surface area contributed by atoms with Crippen molar-refractivity contribution < 1.29 is 14.1 Å². The van der Waals surface area contributed by atoms with E-state index in [4.69, 9.17) is 11.6 Å². The van der Waals surface area contributed by atoms with Crippen molar-refractivity contribution in [2.75, 3.05) is 5.32 Å². The Kier molecular flexibility index (Phi) is 4.75. The van der Waals surface area contributed by atoms with Crippen molar-refractivity contribution >= 4 is 28.9 Å². The van der Waals surface area contributed by atoms with Crippen LogP contribution in [0.25, 0.3) is 0 Å². The van der Waals surface area contributed by atoms with Crippen LogP contribution in [0.3, 0.4) is 0 Å². The van der Waals surface area contributed by atoms with Gasteiger partial charge in [-0.15, -0.1) is 0 Å². The molecule has 0 aliphatic carbocycles. The average molecular weight is 340 g/mol. The number of carbonyl (C=O) groups is 1. The van der Waals surface area contributed by atoms with E-state index in [0.29, 0.717) is 0 Å². The summed E-state index contributed by atoms with van der Waals surface area (Å²) in [5.74, 6) is -1.23. The van der Waals surface area contributed by atoms with Crippen molar-refractivity contribution in [3.8, 4) is 0 Å². The van der Waals surface area contributed by atoms with Gasteiger partial charge >= 0.3 is 0 Å². The lowest BCUT2D eigenvalue weighted by Crippen LogP contribution is -2.28. The minimum Gasteiger partial charge on any atom is -0.324 e. The number of rotatable bonds is 4. The van der Waals surface area contributed by atoms with Crippen molar-refractivity contribution in [2.24, 2.45) is 0 Å². The zero-order chi connectivity index (χ0) is 17.1. The maximum absolute atomic E-state index is 13.0. The van der Waals surface area contributed by atoms with Gasteiger partial charge in [-0.3, -0.25) is 24.3 Å². The van der Waals surface area contributed by atoms with Gasteiger partial charge in [0.05, 0.1) is 16.1 Å². The number of aromatic nitrogens is 1. The number of nitrogens with one attached hydrogen (secondary N) is 1. The largest absolute Gasteiger partial charge is 0.324 e. The number of hydrogen-bond acceptors (Lipinski definition) is 4. The minimum atomic E-state index is -0.652. The number of hydrogen-bond donors (Lipinski definition) is 1. The third kappa shape index (κ3) is 3.92. The van der Waals surface area contributed by atoms with Crippen LogP contribution in [0.4, 0.5) is 15.8 Å². The van der Waals surface area contributed by atoms with Crippen molar-refractivity contribution in [3.05, 3.63) is 67.3 Å². The summed E-state index contributed by atoms with van der Waals surface area (Å²) in [6.45, 7) is 1.000. The molecule has 1 N–H and O–H groups in total. The van der Waals surface area contributed by atoms with Crippen LogP contribution in [0.1, 0.15) is 5.56 Å². The first-order valence-corrected chi connectivity index (χ1v) is 6.76. The van der Waals surface area contributed by atoms with Crippen molar-refractivity contribution in [1.29, 1.82) is 0 Å². The molecule has 7 nitrogen and oxygen atoms in total. The summed E-state index contributed by atoms with van der Waals surface area (Å²) in [6, 6.07) is 4.74. The molecule has 1 aromatic carbocycles. The Labute approximate surface area is 134 Å². The van der Waals surface area contributed by atoms with Crippen LogP contribution in [-0.4, -0.2) is 15.4 Å². The number of nitrogens with zero attached hydrogens (tertiary/aromatic N) is 2. The molecule has 0 fully saturated rings. The normalized spacial score (nSPS) is 10.4. The topological polar surface area (TPSA) is 94.2 Å². The fourth-order valence-electron chi connectivity index (χ4n) is 1.91. The molecule has 0 spiro atoms. The molecule has 23 heavy (non-hydrogen) atoms. The summed E-state index contributed by atoms with van der Waals surface area (Å²) in [5, 5.41) is 13.1. The molecule has 0 bridgehead atoms. The van der Waals surface area contributed by atoms with Gasteiger partial charge in [-0.2, -0.15) is 0 Å². The van der Waals surface area contributed by atoms with Crippen LogP contribution in [0.2, 0.25) is 5.02 Å². The summed E-state index contributed by atoms with van der Waals surface area (Å²) in [6.07, 6.45) is 0.993. The molecule has 1 amide bonds. The van der Waals surface area contributed by atoms with E-state index in [1.165, 1.54) is 19.1 Å². The summed E-state index contributed by atoms with van der Waals surface area (Å²) in [4.78, 5) is 34.0. The number of halogens is 2. The number of amides is 1. The van der Waals surface area contributed by atoms with Gasteiger partial charge in [-0.1, -0.05) is 11.6 Å². The molecular formula is C14H11ClFN3O4. The molecule has 2 rings (SSSR count). The molecule has 0 radical (unpaired) electrons. The van der Waals surface area contributed by atoms with E-state index in [0.717, 1.165) is 22.9 Å². The first-order chi connectivity index (χ1) is 10.8. The summed E-state index contributed by atoms with van der Waals surface area (Å²) in [5.41, 5.74) is -0.406. The quantitative estimate of drug-likeness (QED) is 0.684. The molecular weight excluding hydrogens is 329 g/mol. The van der Waals surface area contributed by atoms with E-state index in [1.807, 2.05) is 0 Å². The van der Waals surface area contributed by atoms with Gasteiger partial charge in [0.1, 0.15) is 12.4 Å². The predicted molar refractivity (Wildman–Crippen MR) is 82.1 cm³/mol. The number of anilines is 1. The third-order valence-corrected chi connectivity index (χ3v) is 3.27.